The molecule has 0 N–H and O–H groups in total. The molecule has 0 saturated carbocycles. The van der Waals surface area contributed by atoms with Gasteiger partial charge in [0.25, 0.3) is 0 Å². The van der Waals surface area contributed by atoms with Gasteiger partial charge in [0.05, 0.1) is 0 Å². The monoisotopic (exact) mass is 206 g/mol. The molecule has 0 amide bonds. The number of alkyl halides is 3. The van der Waals surface area contributed by atoms with Crippen molar-refractivity contribution >= 4 is 22.6 Å². The summed E-state index contributed by atoms with van der Waals surface area (Å²) in [6.07, 6.45) is 0. The first-order valence-electron chi connectivity index (χ1n) is 1.50. The van der Waals surface area contributed by atoms with E-state index in [1.54, 1.807) is 0 Å². The fourth-order valence-corrected chi connectivity index (χ4v) is 0. The van der Waals surface area contributed by atoms with Crippen molar-refractivity contribution in [3.8, 4) is 0 Å². The van der Waals surface area contributed by atoms with Gasteiger partial charge in [0.2, 0.25) is 0 Å². The average molecular weight is 206 g/mol. The van der Waals surface area contributed by atoms with Crippen molar-refractivity contribution in [3.63, 3.8) is 0 Å². The summed E-state index contributed by atoms with van der Waals surface area (Å²) in [6, 6.07) is 0. The second-order valence-corrected chi connectivity index (χ2v) is 3.45. The number of halogens is 3. The summed E-state index contributed by atoms with van der Waals surface area (Å²) in [5.74, 6) is 0. The van der Waals surface area contributed by atoms with Crippen LogP contribution in [-0.4, -0.2) is 10.4 Å². The summed E-state index contributed by atoms with van der Waals surface area (Å²) in [6.45, 7) is 0.279. The molecule has 0 radical (unpaired) electrons. The molecule has 0 rings (SSSR count). The van der Waals surface area contributed by atoms with Gasteiger partial charge in [-0.25, -0.2) is 8.78 Å². The van der Waals surface area contributed by atoms with Gasteiger partial charge in [-0.1, -0.05) is 0 Å². The first-order chi connectivity index (χ1) is 2.56. The zero-order valence-corrected chi connectivity index (χ0v) is 5.50. The highest BCUT2D eigenvalue weighted by molar-refractivity contribution is 14.1. The van der Waals surface area contributed by atoms with Gasteiger partial charge in [-0.15, -0.1) is 0 Å². The quantitative estimate of drug-likeness (QED) is 0.455. The number of rotatable bonds is 1. The predicted molar refractivity (Wildman–Crippen MR) is 29.5 cm³/mol. The molecule has 38 valence electrons. The van der Waals surface area contributed by atoms with Crippen LogP contribution in [0.4, 0.5) is 8.78 Å². The summed E-state index contributed by atoms with van der Waals surface area (Å²) in [4.78, 5) is 0. The molecule has 3 heteroatoms. The first kappa shape index (κ1) is 6.59. The molecular formula is C3H5F2I. The van der Waals surface area contributed by atoms with Gasteiger partial charge in [-0.3, -0.25) is 0 Å². The van der Waals surface area contributed by atoms with Crippen molar-refractivity contribution in [1.29, 1.82) is 0 Å². The van der Waals surface area contributed by atoms with Crippen molar-refractivity contribution in [3.05, 3.63) is 0 Å². The van der Waals surface area contributed by atoms with Gasteiger partial charge in [-0.2, -0.15) is 0 Å². The molecule has 0 aliphatic heterocycles. The third-order valence-corrected chi connectivity index (χ3v) is 0.523. The molecule has 0 heterocycles. The van der Waals surface area contributed by atoms with E-state index in [0.717, 1.165) is 0 Å². The Morgan fingerprint density at radius 3 is 2.00 bits per heavy atom. The van der Waals surface area contributed by atoms with E-state index in [9.17, 15) is 8.78 Å². The Labute approximate surface area is 49.1 Å². The molecule has 6 heavy (non-hydrogen) atoms. The van der Waals surface area contributed by atoms with Crippen LogP contribution in [0.25, 0.3) is 0 Å². The zero-order valence-electron chi connectivity index (χ0n) is 3.34. The molecule has 0 aliphatic rings. The van der Waals surface area contributed by atoms with Crippen LogP contribution in [0.3, 0.4) is 0 Å². The Morgan fingerprint density at radius 1 is 1.83 bits per heavy atom. The predicted octanol–water partition coefficient (Wildman–Crippen LogP) is 2.08. The Hall–Kier alpha value is 0.590. The van der Waals surface area contributed by atoms with Gasteiger partial charge in [0.1, 0.15) is 6.67 Å². The Kier molecular flexibility index (Phi) is 2.25. The van der Waals surface area contributed by atoms with Crippen molar-refractivity contribution < 1.29 is 8.78 Å². The second kappa shape index (κ2) is 2.04. The maximum atomic E-state index is 11.7. The summed E-state index contributed by atoms with van der Waals surface area (Å²) >= 11 is 1.40. The molecule has 0 fully saturated rings. The van der Waals surface area contributed by atoms with E-state index < -0.39 is 10.4 Å². The standard InChI is InChI=1S/C3H5F2I/c1-3(5,6)2-4/h2H2,1H3. The normalized spacial score (nSPS) is 20.0. The molecule has 0 spiro atoms. The van der Waals surface area contributed by atoms with Crippen LogP contribution in [0, 0.1) is 0 Å². The largest absolute Gasteiger partial charge is 0.247 e. The molecule has 1 unspecified atom stereocenters. The Morgan fingerprint density at radius 2 is 2.00 bits per heavy atom. The van der Waals surface area contributed by atoms with Gasteiger partial charge < -0.3 is 0 Å². The van der Waals surface area contributed by atoms with E-state index in [2.05, 4.69) is 0 Å². The fourth-order valence-electron chi connectivity index (χ4n) is 0. The third kappa shape index (κ3) is 4.59. The average Bonchev–Trinajstić information content (AvgIpc) is 1.35. The molecule has 0 aliphatic carbocycles. The Balaban J connectivity index is 3.17. The summed E-state index contributed by atoms with van der Waals surface area (Å²) < 4.78 is 21.2. The third-order valence-electron chi connectivity index (χ3n) is 0.235. The highest BCUT2D eigenvalue weighted by Gasteiger charge is 2.15. The van der Waals surface area contributed by atoms with E-state index in [1.807, 2.05) is 0 Å². The Bertz CT molecular complexity index is 38.5. The van der Waals surface area contributed by atoms with E-state index in [-0.39, 0.29) is 0 Å². The molecule has 0 saturated heterocycles. The lowest BCUT2D eigenvalue weighted by molar-refractivity contribution is 0.264. The highest BCUT2D eigenvalue weighted by atomic mass is 127. The zero-order chi connectivity index (χ0) is 5.21. The fraction of sp³-hybridized carbons (Fsp3) is 1.00. The number of hydrogen-bond acceptors (Lipinski definition) is 0. The molecule has 0 aromatic rings. The molecular weight excluding hydrogens is 201 g/mol. The lowest BCUT2D eigenvalue weighted by Crippen LogP contribution is -2.07. The maximum absolute atomic E-state index is 11.7. The molecule has 1 atom stereocenters. The highest BCUT2D eigenvalue weighted by Crippen LogP contribution is 2.18. The van der Waals surface area contributed by atoms with Crippen LogP contribution >= 0.6 is 22.6 Å². The number of hydrogen-bond donors (Lipinski definition) is 0. The van der Waals surface area contributed by atoms with Gasteiger partial charge in [0.15, 0.2) is 3.68 Å². The lowest BCUT2D eigenvalue weighted by atomic mass is 10.5. The summed E-state index contributed by atoms with van der Waals surface area (Å²) in [5.41, 5.74) is 0. The van der Waals surface area contributed by atoms with Crippen LogP contribution in [0.15, 0.2) is 0 Å². The minimum atomic E-state index is -1.66. The maximum Gasteiger partial charge on any atom is 0.186 e. The molecule has 0 nitrogen and oxygen atoms in total. The van der Waals surface area contributed by atoms with E-state index >= 15 is 0 Å². The minimum Gasteiger partial charge on any atom is -0.247 e. The van der Waals surface area contributed by atoms with Crippen LogP contribution in [0.1, 0.15) is 6.92 Å². The van der Waals surface area contributed by atoms with E-state index in [1.165, 1.54) is 29.5 Å². The van der Waals surface area contributed by atoms with Crippen molar-refractivity contribution in [2.75, 3.05) is 6.67 Å². The van der Waals surface area contributed by atoms with Gasteiger partial charge in [-0.05, 0) is 29.5 Å². The summed E-state index contributed by atoms with van der Waals surface area (Å²) in [7, 11) is 0. The van der Waals surface area contributed by atoms with Crippen LogP contribution in [0.5, 0.6) is 0 Å². The van der Waals surface area contributed by atoms with E-state index in [0.29, 0.717) is 0 Å². The van der Waals surface area contributed by atoms with Gasteiger partial charge >= 0.3 is 0 Å². The lowest BCUT2D eigenvalue weighted by Gasteiger charge is -2.01. The smallest absolute Gasteiger partial charge is 0.186 e. The van der Waals surface area contributed by atoms with Crippen LogP contribution in [0.2, 0.25) is 0 Å². The first-order valence-corrected chi connectivity index (χ1v) is 2.58. The van der Waals surface area contributed by atoms with Gasteiger partial charge in [0, 0.05) is 0 Å². The topological polar surface area (TPSA) is 0 Å². The molecule has 0 aromatic heterocycles. The van der Waals surface area contributed by atoms with Crippen LogP contribution in [-0.2, 0) is 0 Å². The molecule has 0 bridgehead atoms. The van der Waals surface area contributed by atoms with E-state index in [4.69, 9.17) is 0 Å². The minimum absolute atomic E-state index is 0.909. The van der Waals surface area contributed by atoms with Crippen molar-refractivity contribution in [2.24, 2.45) is 0 Å². The van der Waals surface area contributed by atoms with Crippen molar-refractivity contribution in [1.82, 2.24) is 0 Å². The molecule has 0 aromatic carbocycles. The SMILES string of the molecule is CC(F)(I)CF. The van der Waals surface area contributed by atoms with Crippen LogP contribution < -0.4 is 0 Å². The second-order valence-electron chi connectivity index (χ2n) is 1.20. The van der Waals surface area contributed by atoms with Crippen molar-refractivity contribution in [2.45, 2.75) is 10.6 Å². The summed E-state index contributed by atoms with van der Waals surface area (Å²) in [5, 5.41) is 0.